The molecule has 0 unspecified atom stereocenters. The number of hydrazine groups is 1. The van der Waals surface area contributed by atoms with Gasteiger partial charge >= 0.3 is 0 Å². The molecule has 0 radical (unpaired) electrons. The minimum atomic E-state index is -0.630. The summed E-state index contributed by atoms with van der Waals surface area (Å²) in [5.74, 6) is -0.602. The van der Waals surface area contributed by atoms with E-state index in [0.717, 1.165) is 22.8 Å². The van der Waals surface area contributed by atoms with Crippen molar-refractivity contribution in [3.8, 4) is 5.82 Å². The Balaban J connectivity index is 1.70. The highest BCUT2D eigenvalue weighted by Crippen LogP contribution is 2.17. The van der Waals surface area contributed by atoms with Gasteiger partial charge in [-0.15, -0.1) is 0 Å². The molecule has 3 aromatic heterocycles. The van der Waals surface area contributed by atoms with Crippen LogP contribution in [0.4, 0.5) is 0 Å². The van der Waals surface area contributed by atoms with Gasteiger partial charge in [-0.05, 0) is 52.0 Å². The minimum Gasteiger partial charge on any atom is -0.271 e. The number of amides is 2. The maximum absolute atomic E-state index is 12.4. The molecular formula is C18H20ClN7O2. The second-order valence-electron chi connectivity index (χ2n) is 6.43. The van der Waals surface area contributed by atoms with Crippen LogP contribution in [0.1, 0.15) is 33.3 Å². The molecule has 0 atom stereocenters. The lowest BCUT2D eigenvalue weighted by Crippen LogP contribution is -2.43. The molecule has 2 N–H and O–H groups in total. The Hall–Kier alpha value is -3.20. The third kappa shape index (κ3) is 4.20. The van der Waals surface area contributed by atoms with Crippen molar-refractivity contribution in [2.24, 2.45) is 0 Å². The number of halogens is 1. The lowest BCUT2D eigenvalue weighted by Gasteiger charge is -2.10. The van der Waals surface area contributed by atoms with Crippen LogP contribution in [0.15, 0.2) is 24.3 Å². The molecule has 3 heterocycles. The predicted octanol–water partition coefficient (Wildman–Crippen LogP) is 1.81. The summed E-state index contributed by atoms with van der Waals surface area (Å²) in [6, 6.07) is 6.99. The van der Waals surface area contributed by atoms with Crippen LogP contribution in [0, 0.1) is 27.7 Å². The van der Waals surface area contributed by atoms with E-state index < -0.39 is 11.8 Å². The average molecular weight is 402 g/mol. The third-order valence-corrected chi connectivity index (χ3v) is 4.29. The molecule has 3 rings (SSSR count). The molecule has 0 aliphatic heterocycles. The van der Waals surface area contributed by atoms with Crippen LogP contribution in [0.3, 0.4) is 0 Å². The monoisotopic (exact) mass is 401 g/mol. The Morgan fingerprint density at radius 3 is 2.29 bits per heavy atom. The van der Waals surface area contributed by atoms with Crippen molar-refractivity contribution in [2.45, 2.75) is 34.2 Å². The van der Waals surface area contributed by atoms with Crippen molar-refractivity contribution in [1.82, 2.24) is 35.4 Å². The first-order valence-electron chi connectivity index (χ1n) is 8.55. The van der Waals surface area contributed by atoms with Gasteiger partial charge in [-0.3, -0.25) is 25.1 Å². The molecule has 0 aliphatic carbocycles. The standard InChI is InChI=1S/C18H20ClN7O2/c1-10-7-12(3)25(23-10)9-16(27)21-22-18(28)17-14(19)5-6-15(20-17)26-13(4)8-11(2)24-26/h5-8H,9H2,1-4H3,(H,21,27)(H,22,28). The number of nitrogens with zero attached hydrogens (tertiary/aromatic N) is 5. The predicted molar refractivity (Wildman–Crippen MR) is 103 cm³/mol. The van der Waals surface area contributed by atoms with Crippen molar-refractivity contribution >= 4 is 23.4 Å². The fraction of sp³-hybridized carbons (Fsp3) is 0.278. The molecule has 28 heavy (non-hydrogen) atoms. The topological polar surface area (TPSA) is 107 Å². The summed E-state index contributed by atoms with van der Waals surface area (Å²) in [5, 5.41) is 8.71. The Morgan fingerprint density at radius 1 is 1.00 bits per heavy atom. The summed E-state index contributed by atoms with van der Waals surface area (Å²) in [6.07, 6.45) is 0. The zero-order chi connectivity index (χ0) is 20.4. The second-order valence-corrected chi connectivity index (χ2v) is 6.83. The number of carbonyl (C=O) groups excluding carboxylic acids is 2. The number of rotatable bonds is 4. The first-order valence-corrected chi connectivity index (χ1v) is 8.93. The number of aromatic nitrogens is 5. The fourth-order valence-corrected chi connectivity index (χ4v) is 2.96. The van der Waals surface area contributed by atoms with Crippen molar-refractivity contribution in [1.29, 1.82) is 0 Å². The van der Waals surface area contributed by atoms with E-state index >= 15 is 0 Å². The number of hydrogen-bond donors (Lipinski definition) is 2. The Morgan fingerprint density at radius 2 is 1.68 bits per heavy atom. The summed E-state index contributed by atoms with van der Waals surface area (Å²) >= 11 is 6.11. The smallest absolute Gasteiger partial charge is 0.271 e. The van der Waals surface area contributed by atoms with E-state index in [1.807, 2.05) is 39.8 Å². The lowest BCUT2D eigenvalue weighted by atomic mass is 10.3. The minimum absolute atomic E-state index is 0.0156. The number of carbonyl (C=O) groups is 2. The second kappa shape index (κ2) is 7.81. The van der Waals surface area contributed by atoms with Gasteiger partial charge in [0.25, 0.3) is 11.8 Å². The van der Waals surface area contributed by atoms with E-state index in [1.54, 1.807) is 21.5 Å². The molecule has 0 fully saturated rings. The van der Waals surface area contributed by atoms with Crippen LogP contribution < -0.4 is 10.9 Å². The Labute approximate surface area is 166 Å². The highest BCUT2D eigenvalue weighted by Gasteiger charge is 2.16. The first-order chi connectivity index (χ1) is 13.2. The molecule has 10 heteroatoms. The van der Waals surface area contributed by atoms with Crippen LogP contribution >= 0.6 is 11.6 Å². The van der Waals surface area contributed by atoms with E-state index in [2.05, 4.69) is 26.0 Å². The maximum Gasteiger partial charge on any atom is 0.289 e. The highest BCUT2D eigenvalue weighted by molar-refractivity contribution is 6.33. The molecular weight excluding hydrogens is 382 g/mol. The van der Waals surface area contributed by atoms with Gasteiger partial charge in [0.15, 0.2) is 11.5 Å². The van der Waals surface area contributed by atoms with Gasteiger partial charge in [0.2, 0.25) is 0 Å². The molecule has 0 aliphatic rings. The number of hydrogen-bond acceptors (Lipinski definition) is 5. The highest BCUT2D eigenvalue weighted by atomic mass is 35.5. The van der Waals surface area contributed by atoms with Gasteiger partial charge in [-0.2, -0.15) is 10.2 Å². The van der Waals surface area contributed by atoms with Crippen molar-refractivity contribution in [2.75, 3.05) is 0 Å². The molecule has 0 saturated carbocycles. The van der Waals surface area contributed by atoms with Gasteiger partial charge in [-0.1, -0.05) is 11.6 Å². The third-order valence-electron chi connectivity index (χ3n) is 3.99. The van der Waals surface area contributed by atoms with Crippen molar-refractivity contribution < 1.29 is 9.59 Å². The van der Waals surface area contributed by atoms with E-state index in [-0.39, 0.29) is 17.3 Å². The maximum atomic E-state index is 12.4. The number of aryl methyl sites for hydroxylation is 4. The molecule has 0 aromatic carbocycles. The van der Waals surface area contributed by atoms with E-state index in [1.165, 1.54) is 0 Å². The zero-order valence-corrected chi connectivity index (χ0v) is 16.7. The molecule has 0 spiro atoms. The van der Waals surface area contributed by atoms with Gasteiger partial charge < -0.3 is 0 Å². The number of nitrogens with one attached hydrogen (secondary N) is 2. The van der Waals surface area contributed by atoms with Gasteiger partial charge in [0.1, 0.15) is 6.54 Å². The van der Waals surface area contributed by atoms with E-state index in [0.29, 0.717) is 5.82 Å². The average Bonchev–Trinajstić information content (AvgIpc) is 3.13. The van der Waals surface area contributed by atoms with Crippen molar-refractivity contribution in [3.05, 3.63) is 57.8 Å². The molecule has 3 aromatic rings. The van der Waals surface area contributed by atoms with Crippen LogP contribution in [-0.2, 0) is 11.3 Å². The summed E-state index contributed by atoms with van der Waals surface area (Å²) < 4.78 is 3.16. The first kappa shape index (κ1) is 19.6. The molecule has 0 saturated heterocycles. The van der Waals surface area contributed by atoms with Crippen molar-refractivity contribution in [3.63, 3.8) is 0 Å². The quantitative estimate of drug-likeness (QED) is 0.648. The van der Waals surface area contributed by atoms with Gasteiger partial charge in [-0.25, -0.2) is 9.67 Å². The number of pyridine rings is 1. The largest absolute Gasteiger partial charge is 0.289 e. The zero-order valence-electron chi connectivity index (χ0n) is 15.9. The summed E-state index contributed by atoms with van der Waals surface area (Å²) in [7, 11) is 0. The van der Waals surface area contributed by atoms with Crippen LogP contribution in [0.5, 0.6) is 0 Å². The summed E-state index contributed by atoms with van der Waals surface area (Å²) in [6.45, 7) is 7.42. The fourth-order valence-electron chi connectivity index (χ4n) is 2.77. The van der Waals surface area contributed by atoms with Gasteiger partial charge in [0.05, 0.1) is 16.4 Å². The molecule has 146 valence electrons. The van der Waals surface area contributed by atoms with Crippen LogP contribution in [0.2, 0.25) is 5.02 Å². The lowest BCUT2D eigenvalue weighted by molar-refractivity contribution is -0.122. The molecule has 9 nitrogen and oxygen atoms in total. The summed E-state index contributed by atoms with van der Waals surface area (Å²) in [5.41, 5.74) is 8.02. The molecule has 2 amide bonds. The Bertz CT molecular complexity index is 1050. The van der Waals surface area contributed by atoms with E-state index in [9.17, 15) is 9.59 Å². The Kier molecular flexibility index (Phi) is 5.46. The normalized spacial score (nSPS) is 10.8. The van der Waals surface area contributed by atoms with Crippen LogP contribution in [-0.4, -0.2) is 36.4 Å². The SMILES string of the molecule is Cc1cc(C)n(CC(=O)NNC(=O)c2nc(-n3nc(C)cc3C)ccc2Cl)n1. The van der Waals surface area contributed by atoms with Gasteiger partial charge in [0, 0.05) is 11.4 Å². The summed E-state index contributed by atoms with van der Waals surface area (Å²) in [4.78, 5) is 28.8. The molecule has 0 bridgehead atoms. The van der Waals surface area contributed by atoms with Crippen LogP contribution in [0.25, 0.3) is 5.82 Å². The van der Waals surface area contributed by atoms with E-state index in [4.69, 9.17) is 11.6 Å².